The highest BCUT2D eigenvalue weighted by Gasteiger charge is 2.13. The van der Waals surface area contributed by atoms with Crippen molar-refractivity contribution in [3.05, 3.63) is 56.5 Å². The first-order valence-electron chi connectivity index (χ1n) is 5.10. The van der Waals surface area contributed by atoms with Gasteiger partial charge in [0.05, 0.1) is 9.90 Å². The van der Waals surface area contributed by atoms with Crippen molar-refractivity contribution < 1.29 is 9.18 Å². The lowest BCUT2D eigenvalue weighted by atomic mass is 10.1. The highest BCUT2D eigenvalue weighted by molar-refractivity contribution is 7.14. The average Bonchev–Trinajstić information content (AvgIpc) is 2.72. The van der Waals surface area contributed by atoms with Crippen LogP contribution in [0.3, 0.4) is 0 Å². The molecule has 1 nitrogen and oxygen atoms in total. The van der Waals surface area contributed by atoms with Crippen LogP contribution in [0.5, 0.6) is 0 Å². The van der Waals surface area contributed by atoms with Crippen molar-refractivity contribution in [2.75, 3.05) is 0 Å². The van der Waals surface area contributed by atoms with Crippen molar-refractivity contribution in [2.24, 2.45) is 0 Å². The first kappa shape index (κ1) is 12.3. The van der Waals surface area contributed by atoms with E-state index in [9.17, 15) is 9.18 Å². The molecule has 0 atom stereocenters. The van der Waals surface area contributed by atoms with E-state index < -0.39 is 5.82 Å². The number of carbonyl (C=O) groups is 1. The molecule has 0 fully saturated rings. The molecule has 4 heteroatoms. The van der Waals surface area contributed by atoms with Crippen LogP contribution in [0, 0.1) is 12.7 Å². The molecule has 0 amide bonds. The summed E-state index contributed by atoms with van der Waals surface area (Å²) in [6.45, 7) is 1.94. The van der Waals surface area contributed by atoms with Gasteiger partial charge in [-0.15, -0.1) is 11.3 Å². The summed E-state index contributed by atoms with van der Waals surface area (Å²) in [4.78, 5) is 13.7. The van der Waals surface area contributed by atoms with Gasteiger partial charge in [0.15, 0.2) is 5.78 Å². The number of aryl methyl sites for hydroxylation is 1. The Bertz CT molecular complexity index is 562. The number of rotatable bonds is 3. The summed E-state index contributed by atoms with van der Waals surface area (Å²) in [6, 6.07) is 8.19. The van der Waals surface area contributed by atoms with E-state index in [0.29, 0.717) is 10.4 Å². The fourth-order valence-electron chi connectivity index (χ4n) is 1.53. The predicted octanol–water partition coefficient (Wildman–Crippen LogP) is 4.27. The first-order valence-corrected chi connectivity index (χ1v) is 6.30. The molecule has 0 aliphatic rings. The van der Waals surface area contributed by atoms with E-state index in [1.54, 1.807) is 18.2 Å². The zero-order valence-corrected chi connectivity index (χ0v) is 10.7. The zero-order chi connectivity index (χ0) is 12.4. The predicted molar refractivity (Wildman–Crippen MR) is 68.5 cm³/mol. The number of hydrogen-bond donors (Lipinski definition) is 0. The SMILES string of the molecule is Cc1ccc(C(=O)Cc2cccc(F)c2Cl)s1. The van der Waals surface area contributed by atoms with Gasteiger partial charge >= 0.3 is 0 Å². The molecular formula is C13H10ClFOS. The van der Waals surface area contributed by atoms with Gasteiger partial charge in [0.1, 0.15) is 5.82 Å². The average molecular weight is 269 g/mol. The Kier molecular flexibility index (Phi) is 3.60. The van der Waals surface area contributed by atoms with Gasteiger partial charge in [-0.3, -0.25) is 4.79 Å². The molecule has 0 unspecified atom stereocenters. The number of halogens is 2. The topological polar surface area (TPSA) is 17.1 Å². The van der Waals surface area contributed by atoms with Crippen LogP contribution in [0.25, 0.3) is 0 Å². The van der Waals surface area contributed by atoms with Gasteiger partial charge in [-0.25, -0.2) is 4.39 Å². The van der Waals surface area contributed by atoms with Crippen LogP contribution in [0.15, 0.2) is 30.3 Å². The standard InChI is InChI=1S/C13H10ClFOS/c1-8-5-6-12(17-8)11(16)7-9-3-2-4-10(15)13(9)14/h2-6H,7H2,1H3. The number of hydrogen-bond acceptors (Lipinski definition) is 2. The molecule has 1 aromatic carbocycles. The maximum Gasteiger partial charge on any atom is 0.177 e. The fraction of sp³-hybridized carbons (Fsp3) is 0.154. The van der Waals surface area contributed by atoms with E-state index in [-0.39, 0.29) is 17.2 Å². The first-order chi connectivity index (χ1) is 8.08. The minimum absolute atomic E-state index is 0.0319. The molecule has 0 saturated carbocycles. The molecule has 1 heterocycles. The molecule has 0 aliphatic heterocycles. The highest BCUT2D eigenvalue weighted by atomic mass is 35.5. The third-order valence-electron chi connectivity index (χ3n) is 2.40. The molecule has 0 aliphatic carbocycles. The second-order valence-electron chi connectivity index (χ2n) is 3.72. The van der Waals surface area contributed by atoms with E-state index >= 15 is 0 Å². The Balaban J connectivity index is 2.21. The van der Waals surface area contributed by atoms with Crippen LogP contribution in [0.4, 0.5) is 4.39 Å². The maximum atomic E-state index is 13.2. The molecule has 0 spiro atoms. The summed E-state index contributed by atoms with van der Waals surface area (Å²) >= 11 is 7.24. The molecule has 0 saturated heterocycles. The lowest BCUT2D eigenvalue weighted by molar-refractivity contribution is 0.0997. The number of thiophene rings is 1. The van der Waals surface area contributed by atoms with Gasteiger partial charge in [-0.2, -0.15) is 0 Å². The van der Waals surface area contributed by atoms with E-state index in [4.69, 9.17) is 11.6 Å². The summed E-state index contributed by atoms with van der Waals surface area (Å²) < 4.78 is 13.2. The minimum Gasteiger partial charge on any atom is -0.293 e. The van der Waals surface area contributed by atoms with E-state index in [1.807, 2.05) is 13.0 Å². The van der Waals surface area contributed by atoms with Gasteiger partial charge in [0, 0.05) is 11.3 Å². The fourth-order valence-corrected chi connectivity index (χ4v) is 2.53. The lowest BCUT2D eigenvalue weighted by Gasteiger charge is -2.03. The van der Waals surface area contributed by atoms with Crippen molar-refractivity contribution >= 4 is 28.7 Å². The van der Waals surface area contributed by atoms with Gasteiger partial charge in [-0.1, -0.05) is 23.7 Å². The Hall–Kier alpha value is -1.19. The number of ketones is 1. The molecule has 0 radical (unpaired) electrons. The molecule has 1 aromatic heterocycles. The molecular weight excluding hydrogens is 259 g/mol. The number of carbonyl (C=O) groups excluding carboxylic acids is 1. The largest absolute Gasteiger partial charge is 0.293 e. The van der Waals surface area contributed by atoms with Gasteiger partial charge in [-0.05, 0) is 30.7 Å². The zero-order valence-electron chi connectivity index (χ0n) is 9.17. The Labute approximate surface area is 108 Å². The monoisotopic (exact) mass is 268 g/mol. The van der Waals surface area contributed by atoms with E-state index in [0.717, 1.165) is 4.88 Å². The van der Waals surface area contributed by atoms with Crippen LogP contribution in [-0.4, -0.2) is 5.78 Å². The molecule has 0 N–H and O–H groups in total. The Morgan fingerprint density at radius 1 is 1.35 bits per heavy atom. The molecule has 17 heavy (non-hydrogen) atoms. The Morgan fingerprint density at radius 2 is 2.12 bits per heavy atom. The lowest BCUT2D eigenvalue weighted by Crippen LogP contribution is -2.02. The van der Waals surface area contributed by atoms with Crippen LogP contribution in [0.1, 0.15) is 20.1 Å². The van der Waals surface area contributed by atoms with Gasteiger partial charge in [0.2, 0.25) is 0 Å². The van der Waals surface area contributed by atoms with Crippen LogP contribution in [-0.2, 0) is 6.42 Å². The third kappa shape index (κ3) is 2.73. The van der Waals surface area contributed by atoms with Crippen LogP contribution in [0.2, 0.25) is 5.02 Å². The molecule has 2 aromatic rings. The van der Waals surface area contributed by atoms with Gasteiger partial charge < -0.3 is 0 Å². The van der Waals surface area contributed by atoms with E-state index in [2.05, 4.69) is 0 Å². The molecule has 0 bridgehead atoms. The molecule has 2 rings (SSSR count). The summed E-state index contributed by atoms with van der Waals surface area (Å²) in [6.07, 6.45) is 0.135. The highest BCUT2D eigenvalue weighted by Crippen LogP contribution is 2.23. The van der Waals surface area contributed by atoms with Crippen molar-refractivity contribution in [3.63, 3.8) is 0 Å². The Morgan fingerprint density at radius 3 is 2.76 bits per heavy atom. The number of Topliss-reactive ketones (excluding diaryl/α,β-unsaturated/α-hetero) is 1. The molecule has 88 valence electrons. The van der Waals surface area contributed by atoms with Gasteiger partial charge in [0.25, 0.3) is 0 Å². The van der Waals surface area contributed by atoms with Crippen LogP contribution >= 0.6 is 22.9 Å². The second-order valence-corrected chi connectivity index (χ2v) is 5.39. The summed E-state index contributed by atoms with van der Waals surface area (Å²) in [5, 5.41) is 0.0362. The van der Waals surface area contributed by atoms with E-state index in [1.165, 1.54) is 17.4 Å². The summed E-state index contributed by atoms with van der Waals surface area (Å²) in [5.74, 6) is -0.519. The van der Waals surface area contributed by atoms with Crippen molar-refractivity contribution in [2.45, 2.75) is 13.3 Å². The normalized spacial score (nSPS) is 10.5. The van der Waals surface area contributed by atoms with Crippen molar-refractivity contribution in [1.29, 1.82) is 0 Å². The quantitative estimate of drug-likeness (QED) is 0.760. The van der Waals surface area contributed by atoms with Crippen molar-refractivity contribution in [1.82, 2.24) is 0 Å². The smallest absolute Gasteiger partial charge is 0.177 e. The minimum atomic E-state index is -0.487. The summed E-state index contributed by atoms with van der Waals surface area (Å²) in [5.41, 5.74) is 0.530. The van der Waals surface area contributed by atoms with Crippen LogP contribution < -0.4 is 0 Å². The third-order valence-corrected chi connectivity index (χ3v) is 3.86. The van der Waals surface area contributed by atoms with Crippen molar-refractivity contribution in [3.8, 4) is 0 Å². The summed E-state index contributed by atoms with van der Waals surface area (Å²) in [7, 11) is 0. The number of benzene rings is 1. The maximum absolute atomic E-state index is 13.2. The second kappa shape index (κ2) is 4.98.